The molecule has 32 heavy (non-hydrogen) atoms. The summed E-state index contributed by atoms with van der Waals surface area (Å²) in [6.07, 6.45) is 4.56. The molecule has 0 aliphatic carbocycles. The number of esters is 3. The van der Waals surface area contributed by atoms with E-state index in [9.17, 15) is 14.4 Å². The van der Waals surface area contributed by atoms with Gasteiger partial charge in [0.05, 0.1) is 25.2 Å². The maximum absolute atomic E-state index is 12.1. The second-order valence-electron chi connectivity index (χ2n) is 6.83. The molecule has 2 aromatic carbocycles. The van der Waals surface area contributed by atoms with Crippen molar-refractivity contribution in [2.75, 3.05) is 19.8 Å². The van der Waals surface area contributed by atoms with Crippen LogP contribution in [0, 0.1) is 0 Å². The van der Waals surface area contributed by atoms with Crippen LogP contribution < -0.4 is 9.47 Å². The molecule has 0 saturated carbocycles. The van der Waals surface area contributed by atoms with Gasteiger partial charge >= 0.3 is 17.9 Å². The van der Waals surface area contributed by atoms with Gasteiger partial charge in [-0.1, -0.05) is 24.8 Å². The molecule has 0 atom stereocenters. The molecule has 0 aliphatic heterocycles. The summed E-state index contributed by atoms with van der Waals surface area (Å²) < 4.78 is 20.8. The van der Waals surface area contributed by atoms with Gasteiger partial charge in [0.25, 0.3) is 0 Å². The van der Waals surface area contributed by atoms with Crippen LogP contribution in [0.25, 0.3) is 0 Å². The molecule has 0 unspecified atom stereocenters. The van der Waals surface area contributed by atoms with Crippen LogP contribution in [0.3, 0.4) is 0 Å². The quantitative estimate of drug-likeness (QED) is 0.185. The van der Waals surface area contributed by atoms with Crippen LogP contribution in [0.2, 0.25) is 0 Å². The van der Waals surface area contributed by atoms with Crippen LogP contribution in [0.4, 0.5) is 0 Å². The molecule has 0 fully saturated rings. The fourth-order valence-corrected chi connectivity index (χ4v) is 2.64. The molecule has 0 N–H and O–H groups in total. The molecule has 2 rings (SSSR count). The number of carbonyl (C=O) groups excluding carboxylic acids is 3. The highest BCUT2D eigenvalue weighted by Gasteiger charge is 2.08. The first-order valence-electron chi connectivity index (χ1n) is 10.5. The van der Waals surface area contributed by atoms with Crippen molar-refractivity contribution in [1.82, 2.24) is 0 Å². The summed E-state index contributed by atoms with van der Waals surface area (Å²) >= 11 is 0. The SMILES string of the molecule is C=CC(=O)OCCC(=O)OCCCCCCOc1ccc(C(=O)Oc2ccccc2)cc1. The Bertz CT molecular complexity index is 860. The van der Waals surface area contributed by atoms with Crippen LogP contribution >= 0.6 is 0 Å². The lowest BCUT2D eigenvalue weighted by Crippen LogP contribution is -2.11. The lowest BCUT2D eigenvalue weighted by molar-refractivity contribution is -0.147. The van der Waals surface area contributed by atoms with Crippen LogP contribution in [0.1, 0.15) is 42.5 Å². The zero-order chi connectivity index (χ0) is 23.0. The third-order valence-electron chi connectivity index (χ3n) is 4.33. The van der Waals surface area contributed by atoms with E-state index in [1.807, 2.05) is 6.07 Å². The minimum Gasteiger partial charge on any atom is -0.494 e. The van der Waals surface area contributed by atoms with E-state index in [0.717, 1.165) is 31.8 Å². The van der Waals surface area contributed by atoms with E-state index in [4.69, 9.17) is 18.9 Å². The van der Waals surface area contributed by atoms with Crippen molar-refractivity contribution in [2.24, 2.45) is 0 Å². The third-order valence-corrected chi connectivity index (χ3v) is 4.33. The highest BCUT2D eigenvalue weighted by molar-refractivity contribution is 5.91. The highest BCUT2D eigenvalue weighted by Crippen LogP contribution is 2.16. The Labute approximate surface area is 187 Å². The first kappa shape index (κ1) is 24.7. The van der Waals surface area contributed by atoms with Gasteiger partial charge in [-0.15, -0.1) is 0 Å². The second kappa shape index (κ2) is 14.4. The number of unbranched alkanes of at least 4 members (excludes halogenated alkanes) is 3. The molecule has 170 valence electrons. The Hall–Kier alpha value is -3.61. The fraction of sp³-hybridized carbons (Fsp3) is 0.320. The van der Waals surface area contributed by atoms with Gasteiger partial charge in [-0.25, -0.2) is 9.59 Å². The van der Waals surface area contributed by atoms with Gasteiger partial charge in [-0.2, -0.15) is 0 Å². The number of ether oxygens (including phenoxy) is 4. The molecule has 0 radical (unpaired) electrons. The third kappa shape index (κ3) is 9.93. The first-order valence-corrected chi connectivity index (χ1v) is 10.5. The number of para-hydroxylation sites is 1. The van der Waals surface area contributed by atoms with E-state index in [0.29, 0.717) is 30.3 Å². The van der Waals surface area contributed by atoms with Crippen molar-refractivity contribution >= 4 is 17.9 Å². The Morgan fingerprint density at radius 3 is 2.12 bits per heavy atom. The van der Waals surface area contributed by atoms with E-state index >= 15 is 0 Å². The molecule has 0 spiro atoms. The van der Waals surface area contributed by atoms with E-state index in [1.54, 1.807) is 48.5 Å². The van der Waals surface area contributed by atoms with Gasteiger partial charge in [0, 0.05) is 6.08 Å². The molecule has 0 amide bonds. The summed E-state index contributed by atoms with van der Waals surface area (Å²) in [6.45, 7) is 4.17. The van der Waals surface area contributed by atoms with Gasteiger partial charge in [-0.05, 0) is 62.1 Å². The summed E-state index contributed by atoms with van der Waals surface area (Å²) in [7, 11) is 0. The number of carbonyl (C=O) groups is 3. The average Bonchev–Trinajstić information content (AvgIpc) is 2.81. The summed E-state index contributed by atoms with van der Waals surface area (Å²) in [5.74, 6) is -0.169. The van der Waals surface area contributed by atoms with Crippen LogP contribution in [-0.4, -0.2) is 37.7 Å². The molecule has 0 aromatic heterocycles. The number of hydrogen-bond donors (Lipinski definition) is 0. The predicted octanol–water partition coefficient (Wildman–Crippen LogP) is 4.51. The van der Waals surface area contributed by atoms with Crippen LogP contribution in [-0.2, 0) is 19.1 Å². The number of hydrogen-bond acceptors (Lipinski definition) is 7. The molecule has 2 aromatic rings. The average molecular weight is 440 g/mol. The highest BCUT2D eigenvalue weighted by atomic mass is 16.5. The zero-order valence-electron chi connectivity index (χ0n) is 18.0. The summed E-state index contributed by atoms with van der Waals surface area (Å²) in [5, 5.41) is 0. The molecule has 0 saturated heterocycles. The Morgan fingerprint density at radius 2 is 1.44 bits per heavy atom. The van der Waals surface area contributed by atoms with Gasteiger partial charge in [0.1, 0.15) is 18.1 Å². The minimum absolute atomic E-state index is 0.00375. The Kier molecular flexibility index (Phi) is 11.1. The molecule has 7 heteroatoms. The van der Waals surface area contributed by atoms with Gasteiger partial charge < -0.3 is 18.9 Å². The minimum atomic E-state index is -0.554. The number of rotatable bonds is 14. The van der Waals surface area contributed by atoms with Crippen molar-refractivity contribution in [3.8, 4) is 11.5 Å². The maximum Gasteiger partial charge on any atom is 0.343 e. The topological polar surface area (TPSA) is 88.1 Å². The van der Waals surface area contributed by atoms with Gasteiger partial charge in [-0.3, -0.25) is 4.79 Å². The lowest BCUT2D eigenvalue weighted by Gasteiger charge is -2.08. The standard InChI is InChI=1S/C25H28O7/c1-2-23(26)31-19-16-24(27)30-18-9-4-3-8-17-29-21-14-12-20(13-15-21)25(28)32-22-10-6-5-7-11-22/h2,5-7,10-15H,1,3-4,8-9,16-19H2. The predicted molar refractivity (Wildman–Crippen MR) is 119 cm³/mol. The molecule has 7 nitrogen and oxygen atoms in total. The van der Waals surface area contributed by atoms with Crippen molar-refractivity contribution in [1.29, 1.82) is 0 Å². The largest absolute Gasteiger partial charge is 0.494 e. The normalized spacial score (nSPS) is 10.1. The molecular formula is C25H28O7. The van der Waals surface area contributed by atoms with E-state index in [-0.39, 0.29) is 19.0 Å². The van der Waals surface area contributed by atoms with Crippen molar-refractivity contribution in [2.45, 2.75) is 32.1 Å². The van der Waals surface area contributed by atoms with E-state index in [2.05, 4.69) is 6.58 Å². The Morgan fingerprint density at radius 1 is 0.750 bits per heavy atom. The monoisotopic (exact) mass is 440 g/mol. The first-order chi connectivity index (χ1) is 15.6. The summed E-state index contributed by atoms with van der Waals surface area (Å²) in [5.41, 5.74) is 0.453. The lowest BCUT2D eigenvalue weighted by atomic mass is 10.2. The number of benzene rings is 2. The van der Waals surface area contributed by atoms with Crippen LogP contribution in [0.5, 0.6) is 11.5 Å². The van der Waals surface area contributed by atoms with Crippen LogP contribution in [0.15, 0.2) is 67.3 Å². The summed E-state index contributed by atoms with van der Waals surface area (Å²) in [4.78, 5) is 34.5. The Balaban J connectivity index is 1.51. The maximum atomic E-state index is 12.1. The summed E-state index contributed by atoms with van der Waals surface area (Å²) in [6, 6.07) is 15.7. The van der Waals surface area contributed by atoms with E-state index in [1.165, 1.54) is 0 Å². The van der Waals surface area contributed by atoms with Crippen molar-refractivity contribution in [3.05, 3.63) is 72.8 Å². The zero-order valence-corrected chi connectivity index (χ0v) is 18.0. The molecule has 0 bridgehead atoms. The molecular weight excluding hydrogens is 412 g/mol. The van der Waals surface area contributed by atoms with Crippen molar-refractivity contribution in [3.63, 3.8) is 0 Å². The van der Waals surface area contributed by atoms with Gasteiger partial charge in [0.2, 0.25) is 0 Å². The fourth-order valence-electron chi connectivity index (χ4n) is 2.64. The molecule has 0 heterocycles. The second-order valence-corrected chi connectivity index (χ2v) is 6.83. The smallest absolute Gasteiger partial charge is 0.343 e. The molecule has 0 aliphatic rings. The van der Waals surface area contributed by atoms with E-state index < -0.39 is 11.9 Å². The van der Waals surface area contributed by atoms with Gasteiger partial charge in [0.15, 0.2) is 0 Å². The van der Waals surface area contributed by atoms with Crippen molar-refractivity contribution < 1.29 is 33.3 Å².